The number of hydrogen-bond donors (Lipinski definition) is 0. The van der Waals surface area contributed by atoms with Crippen LogP contribution in [0, 0.1) is 0 Å². The van der Waals surface area contributed by atoms with Gasteiger partial charge in [0.2, 0.25) is 0 Å². The van der Waals surface area contributed by atoms with Crippen LogP contribution in [0.1, 0.15) is 252 Å². The number of allylic oxidation sites excluding steroid dienone is 6. The Morgan fingerprint density at radius 1 is 0.333 bits per heavy atom. The smallest absolute Gasteiger partial charge is 0.306 e. The zero-order chi connectivity index (χ0) is 41.5. The molecule has 1 atom stereocenters. The lowest BCUT2D eigenvalue weighted by molar-refractivity contribution is -0.167. The fraction of sp³-hybridized carbons (Fsp3) is 0.824. The topological polar surface area (TPSA) is 78.9 Å². The first-order valence-electron chi connectivity index (χ1n) is 24.5. The van der Waals surface area contributed by atoms with Gasteiger partial charge in [0.25, 0.3) is 0 Å². The Balaban J connectivity index is 4.38. The average molecular weight is 801 g/mol. The lowest BCUT2D eigenvalue weighted by Crippen LogP contribution is -2.30. The Labute approximate surface area is 353 Å². The normalized spacial score (nSPS) is 12.3. The summed E-state index contributed by atoms with van der Waals surface area (Å²) in [6.45, 7) is 6.57. The maximum Gasteiger partial charge on any atom is 0.306 e. The summed E-state index contributed by atoms with van der Waals surface area (Å²) in [5, 5.41) is 0. The third-order valence-electron chi connectivity index (χ3n) is 10.6. The zero-order valence-electron chi connectivity index (χ0n) is 37.9. The molecule has 0 aliphatic carbocycles. The van der Waals surface area contributed by atoms with Gasteiger partial charge in [-0.15, -0.1) is 0 Å². The van der Waals surface area contributed by atoms with E-state index in [9.17, 15) is 14.4 Å². The van der Waals surface area contributed by atoms with Gasteiger partial charge in [-0.2, -0.15) is 0 Å². The van der Waals surface area contributed by atoms with Crippen molar-refractivity contribution in [2.45, 2.75) is 258 Å². The fourth-order valence-electron chi connectivity index (χ4n) is 6.84. The van der Waals surface area contributed by atoms with Crippen molar-refractivity contribution in [3.8, 4) is 0 Å². The minimum Gasteiger partial charge on any atom is -0.462 e. The molecule has 332 valence electrons. The third kappa shape index (κ3) is 44.6. The molecule has 6 nitrogen and oxygen atoms in total. The highest BCUT2D eigenvalue weighted by Gasteiger charge is 2.19. The van der Waals surface area contributed by atoms with E-state index in [1.807, 2.05) is 0 Å². The monoisotopic (exact) mass is 801 g/mol. The van der Waals surface area contributed by atoms with E-state index in [2.05, 4.69) is 57.2 Å². The van der Waals surface area contributed by atoms with Crippen LogP contribution in [0.3, 0.4) is 0 Å². The number of esters is 3. The molecule has 0 unspecified atom stereocenters. The van der Waals surface area contributed by atoms with E-state index in [4.69, 9.17) is 14.2 Å². The number of rotatable bonds is 44. The molecule has 0 saturated carbocycles. The number of hydrogen-bond acceptors (Lipinski definition) is 6. The molecule has 0 aliphatic heterocycles. The maximum absolute atomic E-state index is 12.7. The molecular formula is C51H92O6. The molecule has 0 amide bonds. The van der Waals surface area contributed by atoms with E-state index < -0.39 is 6.10 Å². The second-order valence-corrected chi connectivity index (χ2v) is 16.4. The van der Waals surface area contributed by atoms with Crippen molar-refractivity contribution in [2.24, 2.45) is 0 Å². The van der Waals surface area contributed by atoms with E-state index in [0.29, 0.717) is 19.3 Å². The Hall–Kier alpha value is -2.37. The summed E-state index contributed by atoms with van der Waals surface area (Å²) in [5.41, 5.74) is 0. The molecule has 0 aromatic rings. The first-order chi connectivity index (χ1) is 28.0. The number of carbonyl (C=O) groups excluding carboxylic acids is 3. The van der Waals surface area contributed by atoms with Gasteiger partial charge in [0.05, 0.1) is 0 Å². The van der Waals surface area contributed by atoms with Gasteiger partial charge in [-0.25, -0.2) is 0 Å². The predicted octanol–water partition coefficient (Wildman–Crippen LogP) is 15.8. The molecule has 0 aromatic heterocycles. The van der Waals surface area contributed by atoms with E-state index >= 15 is 0 Å². The summed E-state index contributed by atoms with van der Waals surface area (Å²) in [6.07, 6.45) is 52.6. The molecule has 0 aliphatic rings. The van der Waals surface area contributed by atoms with Gasteiger partial charge in [-0.1, -0.05) is 173 Å². The molecule has 0 rings (SSSR count). The molecule has 57 heavy (non-hydrogen) atoms. The molecule has 0 saturated heterocycles. The van der Waals surface area contributed by atoms with Crippen LogP contribution in [-0.2, 0) is 28.6 Å². The first kappa shape index (κ1) is 54.6. The van der Waals surface area contributed by atoms with Crippen molar-refractivity contribution >= 4 is 17.9 Å². The van der Waals surface area contributed by atoms with Crippen LogP contribution in [-0.4, -0.2) is 37.2 Å². The number of ether oxygens (including phenoxy) is 3. The summed E-state index contributed by atoms with van der Waals surface area (Å²) < 4.78 is 16.7. The summed E-state index contributed by atoms with van der Waals surface area (Å²) in [7, 11) is 0. The third-order valence-corrected chi connectivity index (χ3v) is 10.6. The van der Waals surface area contributed by atoms with Crippen molar-refractivity contribution in [1.29, 1.82) is 0 Å². The van der Waals surface area contributed by atoms with Crippen LogP contribution >= 0.6 is 0 Å². The molecular weight excluding hydrogens is 709 g/mol. The van der Waals surface area contributed by atoms with Crippen molar-refractivity contribution in [1.82, 2.24) is 0 Å². The van der Waals surface area contributed by atoms with Crippen molar-refractivity contribution in [3.63, 3.8) is 0 Å². The molecule has 6 heteroatoms. The van der Waals surface area contributed by atoms with Crippen LogP contribution in [0.25, 0.3) is 0 Å². The summed E-state index contributed by atoms with van der Waals surface area (Å²) in [4.78, 5) is 37.8. The van der Waals surface area contributed by atoms with Crippen LogP contribution < -0.4 is 0 Å². The Bertz CT molecular complexity index is 969. The van der Waals surface area contributed by atoms with Crippen LogP contribution in [0.4, 0.5) is 0 Å². The van der Waals surface area contributed by atoms with Crippen LogP contribution in [0.5, 0.6) is 0 Å². The van der Waals surface area contributed by atoms with E-state index in [1.54, 1.807) is 0 Å². The van der Waals surface area contributed by atoms with Crippen molar-refractivity contribution < 1.29 is 28.6 Å². The minimum absolute atomic E-state index is 0.0814. The molecule has 0 heterocycles. The van der Waals surface area contributed by atoms with Crippen molar-refractivity contribution in [3.05, 3.63) is 36.5 Å². The Morgan fingerprint density at radius 3 is 0.912 bits per heavy atom. The summed E-state index contributed by atoms with van der Waals surface area (Å²) in [6, 6.07) is 0. The molecule has 0 radical (unpaired) electrons. The first-order valence-corrected chi connectivity index (χ1v) is 24.5. The second-order valence-electron chi connectivity index (χ2n) is 16.4. The maximum atomic E-state index is 12.7. The van der Waals surface area contributed by atoms with Gasteiger partial charge in [0, 0.05) is 19.3 Å². The predicted molar refractivity (Wildman–Crippen MR) is 242 cm³/mol. The van der Waals surface area contributed by atoms with Crippen LogP contribution in [0.15, 0.2) is 36.5 Å². The highest BCUT2D eigenvalue weighted by Crippen LogP contribution is 2.14. The van der Waals surface area contributed by atoms with Crippen molar-refractivity contribution in [2.75, 3.05) is 13.2 Å². The lowest BCUT2D eigenvalue weighted by Gasteiger charge is -2.18. The van der Waals surface area contributed by atoms with Gasteiger partial charge < -0.3 is 14.2 Å². The fourth-order valence-corrected chi connectivity index (χ4v) is 6.84. The molecule has 0 N–H and O–H groups in total. The van der Waals surface area contributed by atoms with Crippen LogP contribution in [0.2, 0.25) is 0 Å². The molecule has 0 spiro atoms. The van der Waals surface area contributed by atoms with Gasteiger partial charge in [0.15, 0.2) is 6.10 Å². The molecule has 0 bridgehead atoms. The van der Waals surface area contributed by atoms with E-state index in [-0.39, 0.29) is 31.1 Å². The van der Waals surface area contributed by atoms with E-state index in [0.717, 1.165) is 83.5 Å². The SMILES string of the molecule is CCCCC/C=C\CCCCCCCC(=O)OC[C@H](COC(=O)CCCCCCC/C=C\CCCCCCCC)OC(=O)CCCCCCC/C=C\CCCCC. The lowest BCUT2D eigenvalue weighted by atomic mass is 10.1. The van der Waals surface area contributed by atoms with Gasteiger partial charge in [0.1, 0.15) is 13.2 Å². The van der Waals surface area contributed by atoms with Gasteiger partial charge in [-0.3, -0.25) is 14.4 Å². The Morgan fingerprint density at radius 2 is 0.579 bits per heavy atom. The summed E-state index contributed by atoms with van der Waals surface area (Å²) >= 11 is 0. The Kier molecular flexibility index (Phi) is 44.4. The number of unbranched alkanes of at least 4 members (excludes halogenated alkanes) is 27. The quantitative estimate of drug-likeness (QED) is 0.0264. The average Bonchev–Trinajstić information content (AvgIpc) is 3.21. The number of carbonyl (C=O) groups is 3. The zero-order valence-corrected chi connectivity index (χ0v) is 37.9. The molecule has 0 aromatic carbocycles. The largest absolute Gasteiger partial charge is 0.462 e. The van der Waals surface area contributed by atoms with Gasteiger partial charge >= 0.3 is 17.9 Å². The molecule has 0 fully saturated rings. The van der Waals surface area contributed by atoms with Gasteiger partial charge in [-0.05, 0) is 96.3 Å². The standard InChI is InChI=1S/C51H92O6/c1-4-7-10-13-16-19-22-25-26-27-30-32-35-38-41-44-50(53)56-47-48(57-51(54)45-42-39-36-33-29-24-21-18-15-12-9-6-3)46-55-49(52)43-40-37-34-31-28-23-20-17-14-11-8-5-2/h17-18,20-21,25-26,48H,4-16,19,22-24,27-47H2,1-3H3/b20-17-,21-18-,26-25-/t48-/m1/s1. The second kappa shape index (κ2) is 46.3. The van der Waals surface area contributed by atoms with E-state index in [1.165, 1.54) is 128 Å². The summed E-state index contributed by atoms with van der Waals surface area (Å²) in [5.74, 6) is -0.903. The highest BCUT2D eigenvalue weighted by atomic mass is 16.6. The minimum atomic E-state index is -0.779. The highest BCUT2D eigenvalue weighted by molar-refractivity contribution is 5.71.